The third kappa shape index (κ3) is 4.94. The molecule has 0 unspecified atom stereocenters. The molecule has 0 aromatic carbocycles. The second-order valence-corrected chi connectivity index (χ2v) is 6.95. The zero-order valence-corrected chi connectivity index (χ0v) is 15.2. The van der Waals surface area contributed by atoms with Crippen LogP contribution in [0.3, 0.4) is 0 Å². The number of aliphatic carboxylic acids is 1. The zero-order chi connectivity index (χ0) is 20.2. The van der Waals surface area contributed by atoms with Crippen LogP contribution in [0.15, 0.2) is 18.6 Å². The van der Waals surface area contributed by atoms with Crippen molar-refractivity contribution in [2.75, 3.05) is 19.6 Å². The van der Waals surface area contributed by atoms with Crippen LogP contribution in [0.1, 0.15) is 43.6 Å². The van der Waals surface area contributed by atoms with Crippen LogP contribution in [0, 0.1) is 0 Å². The van der Waals surface area contributed by atoms with Crippen LogP contribution in [0.4, 0.5) is 13.2 Å². The number of halogens is 3. The number of carbonyl (C=O) groups excluding carboxylic acids is 1. The van der Waals surface area contributed by atoms with E-state index in [1.54, 1.807) is 18.6 Å². The molecule has 3 rings (SSSR count). The van der Waals surface area contributed by atoms with Crippen LogP contribution >= 0.6 is 0 Å². The van der Waals surface area contributed by atoms with Crippen LogP contribution in [-0.2, 0) is 4.79 Å². The van der Waals surface area contributed by atoms with Crippen molar-refractivity contribution < 1.29 is 27.9 Å². The third-order valence-corrected chi connectivity index (χ3v) is 5.06. The van der Waals surface area contributed by atoms with Gasteiger partial charge in [0.25, 0.3) is 5.91 Å². The lowest BCUT2D eigenvalue weighted by Gasteiger charge is -2.58. The maximum Gasteiger partial charge on any atom is 0.490 e. The van der Waals surface area contributed by atoms with E-state index in [1.165, 1.54) is 13.0 Å². The van der Waals surface area contributed by atoms with Gasteiger partial charge in [0, 0.05) is 43.6 Å². The van der Waals surface area contributed by atoms with Gasteiger partial charge in [-0.3, -0.25) is 14.7 Å². The number of likely N-dealkylation sites (tertiary alicyclic amines) is 2. The second kappa shape index (κ2) is 8.20. The summed E-state index contributed by atoms with van der Waals surface area (Å²) in [4.78, 5) is 33.8. The van der Waals surface area contributed by atoms with Gasteiger partial charge in [-0.1, -0.05) is 0 Å². The van der Waals surface area contributed by atoms with Crippen molar-refractivity contribution in [2.24, 2.45) is 0 Å². The zero-order valence-electron chi connectivity index (χ0n) is 15.2. The molecule has 150 valence electrons. The lowest BCUT2D eigenvalue weighted by atomic mass is 9.75. The summed E-state index contributed by atoms with van der Waals surface area (Å²) in [5, 5.41) is 7.12. The van der Waals surface area contributed by atoms with Gasteiger partial charge in [-0.05, 0) is 33.1 Å². The van der Waals surface area contributed by atoms with Gasteiger partial charge in [0.15, 0.2) is 0 Å². The molecule has 2 aliphatic rings. The van der Waals surface area contributed by atoms with Crippen molar-refractivity contribution in [2.45, 2.75) is 50.9 Å². The SMILES string of the molecule is CC(C)N1CCC12CCN(C(=O)c1cnccn1)CC2.O=C(O)C(F)(F)F. The number of amides is 1. The predicted octanol–water partition coefficient (Wildman–Crippen LogP) is 2.20. The van der Waals surface area contributed by atoms with E-state index in [1.807, 2.05) is 4.90 Å². The van der Waals surface area contributed by atoms with Gasteiger partial charge in [-0.25, -0.2) is 9.78 Å². The molecule has 0 bridgehead atoms. The molecule has 10 heteroatoms. The molecular weight excluding hydrogens is 365 g/mol. The summed E-state index contributed by atoms with van der Waals surface area (Å²) in [6.07, 6.45) is 3.07. The fraction of sp³-hybridized carbons (Fsp3) is 0.647. The standard InChI is InChI=1S/C15H22N4O.C2HF3O2/c1-12(2)19-10-5-15(19)3-8-18(9-4-15)14(20)13-11-16-6-7-17-13;3-2(4,5)1(6)7/h6-7,11-12H,3-5,8-10H2,1-2H3;(H,6,7). The van der Waals surface area contributed by atoms with Crippen molar-refractivity contribution in [3.63, 3.8) is 0 Å². The minimum absolute atomic E-state index is 0.0170. The van der Waals surface area contributed by atoms with E-state index < -0.39 is 12.1 Å². The van der Waals surface area contributed by atoms with Crippen LogP contribution in [-0.4, -0.2) is 74.1 Å². The minimum atomic E-state index is -5.08. The first-order chi connectivity index (χ1) is 12.6. The number of nitrogens with zero attached hydrogens (tertiary/aromatic N) is 4. The van der Waals surface area contributed by atoms with E-state index in [-0.39, 0.29) is 5.91 Å². The van der Waals surface area contributed by atoms with Crippen molar-refractivity contribution >= 4 is 11.9 Å². The Bertz CT molecular complexity index is 659. The maximum atomic E-state index is 12.3. The average Bonchev–Trinajstić information content (AvgIpc) is 2.60. The fourth-order valence-electron chi connectivity index (χ4n) is 3.60. The minimum Gasteiger partial charge on any atom is -0.475 e. The highest BCUT2D eigenvalue weighted by molar-refractivity contribution is 5.92. The van der Waals surface area contributed by atoms with E-state index >= 15 is 0 Å². The molecule has 1 spiro atoms. The van der Waals surface area contributed by atoms with Crippen molar-refractivity contribution in [3.8, 4) is 0 Å². The average molecular weight is 388 g/mol. The predicted molar refractivity (Wildman–Crippen MR) is 90.1 cm³/mol. The summed E-state index contributed by atoms with van der Waals surface area (Å²) in [5.74, 6) is -2.74. The summed E-state index contributed by atoms with van der Waals surface area (Å²) in [7, 11) is 0. The highest BCUT2D eigenvalue weighted by Crippen LogP contribution is 2.41. The molecule has 1 N–H and O–H groups in total. The van der Waals surface area contributed by atoms with Crippen LogP contribution in [0.5, 0.6) is 0 Å². The monoisotopic (exact) mass is 388 g/mol. The molecule has 2 saturated heterocycles. The Kier molecular flexibility index (Phi) is 6.40. The number of carboxylic acid groups (broad SMARTS) is 1. The smallest absolute Gasteiger partial charge is 0.475 e. The largest absolute Gasteiger partial charge is 0.490 e. The molecule has 27 heavy (non-hydrogen) atoms. The van der Waals surface area contributed by atoms with E-state index in [9.17, 15) is 18.0 Å². The summed E-state index contributed by atoms with van der Waals surface area (Å²) in [6, 6.07) is 0.603. The molecule has 1 aromatic heterocycles. The van der Waals surface area contributed by atoms with Crippen LogP contribution in [0.25, 0.3) is 0 Å². The van der Waals surface area contributed by atoms with E-state index in [0.717, 1.165) is 25.9 Å². The van der Waals surface area contributed by atoms with Gasteiger partial charge in [0.2, 0.25) is 0 Å². The Morgan fingerprint density at radius 2 is 1.70 bits per heavy atom. The van der Waals surface area contributed by atoms with E-state index in [2.05, 4.69) is 28.7 Å². The Labute approximate surface area is 155 Å². The van der Waals surface area contributed by atoms with Gasteiger partial charge >= 0.3 is 12.1 Å². The molecule has 0 atom stereocenters. The van der Waals surface area contributed by atoms with Gasteiger partial charge in [0.05, 0.1) is 6.20 Å². The Balaban J connectivity index is 0.000000321. The number of aromatic nitrogens is 2. The third-order valence-electron chi connectivity index (χ3n) is 5.06. The van der Waals surface area contributed by atoms with Gasteiger partial charge < -0.3 is 10.0 Å². The molecule has 1 amide bonds. The van der Waals surface area contributed by atoms with E-state index in [0.29, 0.717) is 17.3 Å². The number of piperidine rings is 1. The van der Waals surface area contributed by atoms with Crippen LogP contribution in [0.2, 0.25) is 0 Å². The molecule has 2 aliphatic heterocycles. The van der Waals surface area contributed by atoms with Crippen molar-refractivity contribution in [3.05, 3.63) is 24.3 Å². The summed E-state index contributed by atoms with van der Waals surface area (Å²) in [6.45, 7) is 7.39. The van der Waals surface area contributed by atoms with Gasteiger partial charge in [-0.2, -0.15) is 13.2 Å². The van der Waals surface area contributed by atoms with Gasteiger partial charge in [-0.15, -0.1) is 0 Å². The molecule has 0 saturated carbocycles. The van der Waals surface area contributed by atoms with Gasteiger partial charge in [0.1, 0.15) is 5.69 Å². The molecule has 2 fully saturated rings. The number of hydrogen-bond acceptors (Lipinski definition) is 5. The fourth-order valence-corrected chi connectivity index (χ4v) is 3.60. The molecule has 3 heterocycles. The Hall–Kier alpha value is -2.23. The molecular formula is C17H23F3N4O3. The van der Waals surface area contributed by atoms with E-state index in [4.69, 9.17) is 9.90 Å². The number of carboxylic acids is 1. The summed E-state index contributed by atoms with van der Waals surface area (Å²) >= 11 is 0. The number of alkyl halides is 3. The summed E-state index contributed by atoms with van der Waals surface area (Å²) < 4.78 is 31.7. The Morgan fingerprint density at radius 3 is 2.07 bits per heavy atom. The first-order valence-electron chi connectivity index (χ1n) is 8.69. The van der Waals surface area contributed by atoms with Crippen molar-refractivity contribution in [1.29, 1.82) is 0 Å². The van der Waals surface area contributed by atoms with Crippen molar-refractivity contribution in [1.82, 2.24) is 19.8 Å². The van der Waals surface area contributed by atoms with Crippen LogP contribution < -0.4 is 0 Å². The molecule has 0 radical (unpaired) electrons. The highest BCUT2D eigenvalue weighted by atomic mass is 19.4. The highest BCUT2D eigenvalue weighted by Gasteiger charge is 2.47. The second-order valence-electron chi connectivity index (χ2n) is 6.95. The topological polar surface area (TPSA) is 86.6 Å². The first kappa shape index (κ1) is 21.1. The number of carbonyl (C=O) groups is 2. The number of rotatable bonds is 2. The number of hydrogen-bond donors (Lipinski definition) is 1. The summed E-state index contributed by atoms with van der Waals surface area (Å²) in [5.41, 5.74) is 0.811. The lowest BCUT2D eigenvalue weighted by Crippen LogP contribution is -2.66. The normalized spacial score (nSPS) is 19.3. The molecule has 0 aliphatic carbocycles. The quantitative estimate of drug-likeness (QED) is 0.836. The Morgan fingerprint density at radius 1 is 1.15 bits per heavy atom. The first-order valence-corrected chi connectivity index (χ1v) is 8.69. The lowest BCUT2D eigenvalue weighted by molar-refractivity contribution is -0.192. The molecule has 7 nitrogen and oxygen atoms in total. The molecule has 1 aromatic rings. The maximum absolute atomic E-state index is 12.3.